The number of ether oxygens (including phenoxy) is 1. The maximum Gasteiger partial charge on any atom is 0.310 e. The van der Waals surface area contributed by atoms with Crippen molar-refractivity contribution in [2.45, 2.75) is 20.3 Å². The van der Waals surface area contributed by atoms with Gasteiger partial charge in [-0.3, -0.25) is 4.79 Å². The van der Waals surface area contributed by atoms with E-state index in [2.05, 4.69) is 5.32 Å². The maximum atomic E-state index is 11.2. The van der Waals surface area contributed by atoms with Crippen LogP contribution in [0.1, 0.15) is 19.4 Å². The highest BCUT2D eigenvalue weighted by molar-refractivity contribution is 7.08. The van der Waals surface area contributed by atoms with Crippen molar-refractivity contribution in [2.24, 2.45) is 0 Å². The van der Waals surface area contributed by atoms with Crippen molar-refractivity contribution in [1.82, 2.24) is 0 Å². The first kappa shape index (κ1) is 11.0. The molecule has 1 heterocycles. The van der Waals surface area contributed by atoms with Crippen LogP contribution in [-0.2, 0) is 16.0 Å². The summed E-state index contributed by atoms with van der Waals surface area (Å²) in [6, 6.07) is 0. The predicted octanol–water partition coefficient (Wildman–Crippen LogP) is 2.29. The first-order chi connectivity index (χ1) is 6.77. The molecule has 1 rings (SSSR count). The van der Waals surface area contributed by atoms with E-state index in [1.807, 2.05) is 24.6 Å². The lowest BCUT2D eigenvalue weighted by molar-refractivity contribution is -0.142. The molecule has 0 spiro atoms. The van der Waals surface area contributed by atoms with Crippen LogP contribution in [0, 0.1) is 0 Å². The fourth-order valence-corrected chi connectivity index (χ4v) is 1.99. The molecule has 0 amide bonds. The molecule has 78 valence electrons. The molecule has 0 aromatic carbocycles. The molecule has 0 saturated carbocycles. The maximum absolute atomic E-state index is 11.2. The summed E-state index contributed by atoms with van der Waals surface area (Å²) in [5.41, 5.74) is 2.07. The van der Waals surface area contributed by atoms with Gasteiger partial charge in [0.1, 0.15) is 0 Å². The van der Waals surface area contributed by atoms with E-state index in [9.17, 15) is 4.79 Å². The van der Waals surface area contributed by atoms with Gasteiger partial charge in [0.15, 0.2) is 0 Å². The van der Waals surface area contributed by atoms with Crippen LogP contribution in [-0.4, -0.2) is 19.1 Å². The lowest BCUT2D eigenvalue weighted by Crippen LogP contribution is -2.08. The summed E-state index contributed by atoms with van der Waals surface area (Å²) in [5, 5.41) is 7.20. The van der Waals surface area contributed by atoms with Crippen molar-refractivity contribution in [1.29, 1.82) is 0 Å². The van der Waals surface area contributed by atoms with E-state index in [0.717, 1.165) is 17.8 Å². The topological polar surface area (TPSA) is 38.3 Å². The molecular weight excluding hydrogens is 198 g/mol. The van der Waals surface area contributed by atoms with Crippen molar-refractivity contribution < 1.29 is 9.53 Å². The molecule has 1 aromatic heterocycles. The van der Waals surface area contributed by atoms with Crippen molar-refractivity contribution in [3.8, 4) is 0 Å². The highest BCUT2D eigenvalue weighted by Crippen LogP contribution is 2.21. The van der Waals surface area contributed by atoms with Crippen LogP contribution in [0.3, 0.4) is 0 Å². The van der Waals surface area contributed by atoms with Gasteiger partial charge in [-0.15, -0.1) is 11.3 Å². The Kier molecular flexibility index (Phi) is 4.46. The highest BCUT2D eigenvalue weighted by atomic mass is 32.1. The molecule has 0 bridgehead atoms. The van der Waals surface area contributed by atoms with Crippen LogP contribution in [0.5, 0.6) is 0 Å². The number of esters is 1. The number of anilines is 1. The van der Waals surface area contributed by atoms with Gasteiger partial charge in [-0.05, 0) is 24.8 Å². The molecule has 0 aliphatic heterocycles. The van der Waals surface area contributed by atoms with Gasteiger partial charge in [-0.25, -0.2) is 0 Å². The van der Waals surface area contributed by atoms with Gasteiger partial charge in [0, 0.05) is 17.6 Å². The van der Waals surface area contributed by atoms with E-state index < -0.39 is 0 Å². The summed E-state index contributed by atoms with van der Waals surface area (Å²) in [4.78, 5) is 11.2. The van der Waals surface area contributed by atoms with E-state index in [1.54, 1.807) is 11.3 Å². The number of hydrogen-bond donors (Lipinski definition) is 1. The zero-order valence-electron chi connectivity index (χ0n) is 8.50. The molecule has 3 nitrogen and oxygen atoms in total. The zero-order valence-corrected chi connectivity index (χ0v) is 9.32. The third-order valence-electron chi connectivity index (χ3n) is 1.75. The first-order valence-electron chi connectivity index (χ1n) is 4.72. The number of hydrogen-bond acceptors (Lipinski definition) is 4. The summed E-state index contributed by atoms with van der Waals surface area (Å²) >= 11 is 1.60. The van der Waals surface area contributed by atoms with Gasteiger partial charge in [0.25, 0.3) is 0 Å². The van der Waals surface area contributed by atoms with Crippen molar-refractivity contribution in [2.75, 3.05) is 18.5 Å². The Hall–Kier alpha value is -1.03. The fourth-order valence-electron chi connectivity index (χ4n) is 1.17. The second-order valence-corrected chi connectivity index (χ2v) is 3.57. The van der Waals surface area contributed by atoms with Crippen LogP contribution in [0.2, 0.25) is 0 Å². The summed E-state index contributed by atoms with van der Waals surface area (Å²) in [6.07, 6.45) is 0.361. The molecule has 0 fully saturated rings. The SMILES string of the molecule is CCNc1cscc1CC(=O)OCC. The minimum Gasteiger partial charge on any atom is -0.466 e. The molecule has 0 unspecified atom stereocenters. The van der Waals surface area contributed by atoms with Crippen LogP contribution in [0.25, 0.3) is 0 Å². The summed E-state index contributed by atoms with van der Waals surface area (Å²) in [6.45, 7) is 5.16. The van der Waals surface area contributed by atoms with Gasteiger partial charge >= 0.3 is 5.97 Å². The van der Waals surface area contributed by atoms with Crippen molar-refractivity contribution in [3.05, 3.63) is 16.3 Å². The number of thiophene rings is 1. The van der Waals surface area contributed by atoms with E-state index in [-0.39, 0.29) is 5.97 Å². The van der Waals surface area contributed by atoms with Gasteiger partial charge in [0.05, 0.1) is 13.0 Å². The first-order valence-corrected chi connectivity index (χ1v) is 5.66. The summed E-state index contributed by atoms with van der Waals surface area (Å²) in [7, 11) is 0. The van der Waals surface area contributed by atoms with Crippen LogP contribution in [0.4, 0.5) is 5.69 Å². The fraction of sp³-hybridized carbons (Fsp3) is 0.500. The Bertz CT molecular complexity index is 296. The second-order valence-electron chi connectivity index (χ2n) is 2.82. The van der Waals surface area contributed by atoms with Gasteiger partial charge in [-0.2, -0.15) is 0 Å². The second kappa shape index (κ2) is 5.65. The Morgan fingerprint density at radius 1 is 1.50 bits per heavy atom. The molecular formula is C10H15NO2S. The quantitative estimate of drug-likeness (QED) is 0.763. The lowest BCUT2D eigenvalue weighted by atomic mass is 10.2. The Labute approximate surface area is 88.1 Å². The number of nitrogens with one attached hydrogen (secondary N) is 1. The summed E-state index contributed by atoms with van der Waals surface area (Å²) in [5.74, 6) is -0.162. The predicted molar refractivity (Wildman–Crippen MR) is 58.8 cm³/mol. The molecule has 0 aliphatic rings. The largest absolute Gasteiger partial charge is 0.466 e. The lowest BCUT2D eigenvalue weighted by Gasteiger charge is -2.04. The molecule has 14 heavy (non-hydrogen) atoms. The van der Waals surface area contributed by atoms with Crippen LogP contribution >= 0.6 is 11.3 Å². The average molecular weight is 213 g/mol. The minimum absolute atomic E-state index is 0.162. The molecule has 0 saturated heterocycles. The molecule has 0 radical (unpaired) electrons. The van der Waals surface area contributed by atoms with E-state index in [1.165, 1.54) is 0 Å². The third-order valence-corrected chi connectivity index (χ3v) is 2.54. The third kappa shape index (κ3) is 3.03. The standard InChI is InChI=1S/C10H15NO2S/c1-3-11-9-7-14-6-8(9)5-10(12)13-4-2/h6-7,11H,3-5H2,1-2H3. The van der Waals surface area contributed by atoms with Crippen LogP contribution in [0.15, 0.2) is 10.8 Å². The number of carbonyl (C=O) groups is 1. The molecule has 0 atom stereocenters. The van der Waals surface area contributed by atoms with E-state index in [4.69, 9.17) is 4.74 Å². The molecule has 1 aromatic rings. The molecule has 4 heteroatoms. The molecule has 0 aliphatic carbocycles. The molecule has 1 N–H and O–H groups in total. The Morgan fingerprint density at radius 3 is 2.93 bits per heavy atom. The Balaban J connectivity index is 2.56. The monoisotopic (exact) mass is 213 g/mol. The highest BCUT2D eigenvalue weighted by Gasteiger charge is 2.08. The zero-order chi connectivity index (χ0) is 10.4. The van der Waals surface area contributed by atoms with Gasteiger partial charge in [0.2, 0.25) is 0 Å². The smallest absolute Gasteiger partial charge is 0.310 e. The van der Waals surface area contributed by atoms with Gasteiger partial charge < -0.3 is 10.1 Å². The Morgan fingerprint density at radius 2 is 2.29 bits per heavy atom. The van der Waals surface area contributed by atoms with Crippen molar-refractivity contribution in [3.63, 3.8) is 0 Å². The van der Waals surface area contributed by atoms with E-state index >= 15 is 0 Å². The van der Waals surface area contributed by atoms with Gasteiger partial charge in [-0.1, -0.05) is 0 Å². The number of rotatable bonds is 5. The normalized spacial score (nSPS) is 9.86. The van der Waals surface area contributed by atoms with Crippen molar-refractivity contribution >= 4 is 23.0 Å². The van der Waals surface area contributed by atoms with Crippen LogP contribution < -0.4 is 5.32 Å². The number of carbonyl (C=O) groups excluding carboxylic acids is 1. The average Bonchev–Trinajstić information content (AvgIpc) is 2.54. The minimum atomic E-state index is -0.162. The van der Waals surface area contributed by atoms with E-state index in [0.29, 0.717) is 13.0 Å². The summed E-state index contributed by atoms with van der Waals surface area (Å²) < 4.78 is 4.89.